The average Bonchev–Trinajstić information content (AvgIpc) is 2.89. The number of hydrogen-bond acceptors (Lipinski definition) is 3. The van der Waals surface area contributed by atoms with Crippen LogP contribution in [0.5, 0.6) is 0 Å². The van der Waals surface area contributed by atoms with Gasteiger partial charge in [0.1, 0.15) is 5.60 Å². The topological polar surface area (TPSA) is 75.6 Å². The van der Waals surface area contributed by atoms with E-state index in [1.807, 2.05) is 6.92 Å². The first-order valence-electron chi connectivity index (χ1n) is 6.86. The van der Waals surface area contributed by atoms with Crippen molar-refractivity contribution in [3.8, 4) is 0 Å². The van der Waals surface area contributed by atoms with Gasteiger partial charge < -0.3 is 15.2 Å². The third-order valence-electron chi connectivity index (χ3n) is 3.61. The van der Waals surface area contributed by atoms with Crippen molar-refractivity contribution in [2.75, 3.05) is 11.9 Å². The van der Waals surface area contributed by atoms with Gasteiger partial charge in [-0.15, -0.1) is 0 Å². The molecule has 1 aromatic carbocycles. The predicted molar refractivity (Wildman–Crippen MR) is 74.9 cm³/mol. The van der Waals surface area contributed by atoms with Crippen LogP contribution in [0.1, 0.15) is 43.0 Å². The molecule has 1 saturated carbocycles. The molecule has 1 fully saturated rings. The molecule has 0 aliphatic heterocycles. The molecular weight excluding hydrogens is 258 g/mol. The van der Waals surface area contributed by atoms with E-state index in [1.54, 1.807) is 12.1 Å². The lowest BCUT2D eigenvalue weighted by molar-refractivity contribution is -0.140. The van der Waals surface area contributed by atoms with E-state index in [4.69, 9.17) is 9.84 Å². The van der Waals surface area contributed by atoms with Crippen LogP contribution in [0.15, 0.2) is 24.3 Å². The maximum Gasteiger partial charge on any atom is 0.335 e. The minimum Gasteiger partial charge on any atom is -0.478 e. The van der Waals surface area contributed by atoms with E-state index in [2.05, 4.69) is 5.32 Å². The number of amides is 1. The number of carbonyl (C=O) groups excluding carboxylic acids is 1. The number of ether oxygens (including phenoxy) is 1. The van der Waals surface area contributed by atoms with E-state index in [0.29, 0.717) is 25.1 Å². The van der Waals surface area contributed by atoms with Crippen LogP contribution in [0.2, 0.25) is 0 Å². The van der Waals surface area contributed by atoms with Crippen molar-refractivity contribution in [1.29, 1.82) is 0 Å². The molecule has 0 radical (unpaired) electrons. The first kappa shape index (κ1) is 14.5. The van der Waals surface area contributed by atoms with Crippen molar-refractivity contribution >= 4 is 17.6 Å². The molecule has 0 heterocycles. The summed E-state index contributed by atoms with van der Waals surface area (Å²) in [6.07, 6.45) is 3.38. The van der Waals surface area contributed by atoms with Gasteiger partial charge in [0.15, 0.2) is 0 Å². The molecule has 0 spiro atoms. The summed E-state index contributed by atoms with van der Waals surface area (Å²) in [5, 5.41) is 11.7. The predicted octanol–water partition coefficient (Wildman–Crippen LogP) is 2.67. The summed E-state index contributed by atoms with van der Waals surface area (Å²) in [5.41, 5.74) is -0.117. The maximum absolute atomic E-state index is 12.4. The number of rotatable bonds is 5. The number of carboxylic acids is 1. The Balaban J connectivity index is 2.14. The lowest BCUT2D eigenvalue weighted by Gasteiger charge is -2.27. The molecule has 0 bridgehead atoms. The van der Waals surface area contributed by atoms with Crippen LogP contribution in [0.4, 0.5) is 5.69 Å². The SMILES string of the molecule is CCOC1(C(=O)Nc2cccc(C(=O)O)c2)CCCC1. The number of benzene rings is 1. The molecule has 0 saturated heterocycles. The second kappa shape index (κ2) is 6.05. The third kappa shape index (κ3) is 2.99. The Bertz CT molecular complexity index is 506. The van der Waals surface area contributed by atoms with E-state index in [0.717, 1.165) is 12.8 Å². The Morgan fingerprint density at radius 2 is 2.05 bits per heavy atom. The van der Waals surface area contributed by atoms with Crippen molar-refractivity contribution in [3.05, 3.63) is 29.8 Å². The number of anilines is 1. The van der Waals surface area contributed by atoms with Gasteiger partial charge in [0.05, 0.1) is 5.56 Å². The number of carbonyl (C=O) groups is 2. The molecule has 2 N–H and O–H groups in total. The second-order valence-corrected chi connectivity index (χ2v) is 4.97. The van der Waals surface area contributed by atoms with Crippen LogP contribution in [-0.2, 0) is 9.53 Å². The van der Waals surface area contributed by atoms with Gasteiger partial charge in [-0.3, -0.25) is 4.79 Å². The molecule has 1 aromatic rings. The third-order valence-corrected chi connectivity index (χ3v) is 3.61. The summed E-state index contributed by atoms with van der Waals surface area (Å²) in [6.45, 7) is 2.36. The Hall–Kier alpha value is -1.88. The fraction of sp³-hybridized carbons (Fsp3) is 0.467. The molecule has 0 atom stereocenters. The monoisotopic (exact) mass is 277 g/mol. The molecule has 0 aromatic heterocycles. The molecule has 20 heavy (non-hydrogen) atoms. The molecular formula is C15H19NO4. The van der Waals surface area contributed by atoms with Gasteiger partial charge in [-0.25, -0.2) is 4.79 Å². The first-order valence-corrected chi connectivity index (χ1v) is 6.86. The van der Waals surface area contributed by atoms with Gasteiger partial charge >= 0.3 is 5.97 Å². The van der Waals surface area contributed by atoms with Gasteiger partial charge in [-0.1, -0.05) is 6.07 Å². The highest BCUT2D eigenvalue weighted by Crippen LogP contribution is 2.34. The van der Waals surface area contributed by atoms with Crippen molar-refractivity contribution < 1.29 is 19.4 Å². The lowest BCUT2D eigenvalue weighted by Crippen LogP contribution is -2.43. The van der Waals surface area contributed by atoms with E-state index in [-0.39, 0.29) is 11.5 Å². The molecule has 2 rings (SSSR count). The molecule has 0 unspecified atom stereocenters. The van der Waals surface area contributed by atoms with Crippen molar-refractivity contribution in [1.82, 2.24) is 0 Å². The zero-order valence-corrected chi connectivity index (χ0v) is 11.5. The van der Waals surface area contributed by atoms with E-state index < -0.39 is 11.6 Å². The average molecular weight is 277 g/mol. The van der Waals surface area contributed by atoms with Crippen LogP contribution in [0.3, 0.4) is 0 Å². The molecule has 1 amide bonds. The van der Waals surface area contributed by atoms with Crippen molar-refractivity contribution in [2.45, 2.75) is 38.2 Å². The molecule has 1 aliphatic carbocycles. The smallest absolute Gasteiger partial charge is 0.335 e. The maximum atomic E-state index is 12.4. The Labute approximate surface area is 117 Å². The summed E-state index contributed by atoms with van der Waals surface area (Å²) < 4.78 is 5.67. The Morgan fingerprint density at radius 3 is 2.65 bits per heavy atom. The molecule has 5 nitrogen and oxygen atoms in total. The summed E-state index contributed by atoms with van der Waals surface area (Å²) in [4.78, 5) is 23.3. The van der Waals surface area contributed by atoms with Crippen molar-refractivity contribution in [2.24, 2.45) is 0 Å². The van der Waals surface area contributed by atoms with Gasteiger partial charge in [-0.2, -0.15) is 0 Å². The lowest BCUT2D eigenvalue weighted by atomic mass is 10.0. The fourth-order valence-corrected chi connectivity index (χ4v) is 2.63. The van der Waals surface area contributed by atoms with Gasteiger partial charge in [0.2, 0.25) is 0 Å². The highest BCUT2D eigenvalue weighted by atomic mass is 16.5. The minimum atomic E-state index is -1.01. The van der Waals surface area contributed by atoms with Crippen LogP contribution in [0.25, 0.3) is 0 Å². The Kier molecular flexibility index (Phi) is 4.39. The summed E-state index contributed by atoms with van der Waals surface area (Å²) in [6, 6.07) is 6.24. The zero-order chi connectivity index (χ0) is 14.6. The van der Waals surface area contributed by atoms with Crippen LogP contribution in [-0.4, -0.2) is 29.2 Å². The largest absolute Gasteiger partial charge is 0.478 e. The second-order valence-electron chi connectivity index (χ2n) is 4.97. The fourth-order valence-electron chi connectivity index (χ4n) is 2.63. The number of hydrogen-bond donors (Lipinski definition) is 2. The van der Waals surface area contributed by atoms with Gasteiger partial charge in [-0.05, 0) is 50.8 Å². The highest BCUT2D eigenvalue weighted by Gasteiger charge is 2.41. The van der Waals surface area contributed by atoms with Crippen molar-refractivity contribution in [3.63, 3.8) is 0 Å². The van der Waals surface area contributed by atoms with Crippen LogP contribution in [0, 0.1) is 0 Å². The molecule has 5 heteroatoms. The van der Waals surface area contributed by atoms with Gasteiger partial charge in [0, 0.05) is 12.3 Å². The number of carboxylic acid groups (broad SMARTS) is 1. The van der Waals surface area contributed by atoms with E-state index in [9.17, 15) is 9.59 Å². The molecule has 1 aliphatic rings. The quantitative estimate of drug-likeness (QED) is 0.867. The summed E-state index contributed by atoms with van der Waals surface area (Å²) in [5.74, 6) is -1.19. The number of nitrogens with one attached hydrogen (secondary N) is 1. The standard InChI is InChI=1S/C15H19NO4/c1-2-20-15(8-3-4-9-15)14(19)16-12-7-5-6-11(10-12)13(17)18/h5-7,10H,2-4,8-9H2,1H3,(H,16,19)(H,17,18). The zero-order valence-electron chi connectivity index (χ0n) is 11.5. The first-order chi connectivity index (χ1) is 9.57. The summed E-state index contributed by atoms with van der Waals surface area (Å²) >= 11 is 0. The number of aromatic carboxylic acids is 1. The van der Waals surface area contributed by atoms with Gasteiger partial charge in [0.25, 0.3) is 5.91 Å². The van der Waals surface area contributed by atoms with E-state index in [1.165, 1.54) is 12.1 Å². The van der Waals surface area contributed by atoms with E-state index >= 15 is 0 Å². The van der Waals surface area contributed by atoms with Crippen LogP contribution < -0.4 is 5.32 Å². The normalized spacial score (nSPS) is 16.9. The summed E-state index contributed by atoms with van der Waals surface area (Å²) in [7, 11) is 0. The minimum absolute atomic E-state index is 0.152. The molecule has 108 valence electrons. The van der Waals surface area contributed by atoms with Crippen LogP contribution >= 0.6 is 0 Å². The Morgan fingerprint density at radius 1 is 1.35 bits per heavy atom. The highest BCUT2D eigenvalue weighted by molar-refractivity contribution is 5.98.